The Morgan fingerprint density at radius 2 is 1.86 bits per heavy atom. The first-order valence-corrected chi connectivity index (χ1v) is 11.4. The third kappa shape index (κ3) is 3.95. The van der Waals surface area contributed by atoms with Crippen molar-refractivity contribution in [3.63, 3.8) is 0 Å². The fraction of sp³-hybridized carbons (Fsp3) is 0.227. The van der Waals surface area contributed by atoms with E-state index in [0.29, 0.717) is 11.4 Å². The van der Waals surface area contributed by atoms with Crippen LogP contribution in [0.2, 0.25) is 5.02 Å². The number of aromatic nitrogens is 1. The molecule has 0 saturated carbocycles. The molecule has 29 heavy (non-hydrogen) atoms. The highest BCUT2D eigenvalue weighted by atomic mass is 35.5. The van der Waals surface area contributed by atoms with Crippen LogP contribution >= 0.6 is 11.6 Å². The summed E-state index contributed by atoms with van der Waals surface area (Å²) in [7, 11) is -1.89. The molecule has 0 spiro atoms. The Morgan fingerprint density at radius 1 is 1.17 bits per heavy atom. The number of ether oxygens (including phenoxy) is 1. The first-order chi connectivity index (χ1) is 13.7. The number of sulfone groups is 1. The van der Waals surface area contributed by atoms with E-state index in [4.69, 9.17) is 16.3 Å². The summed E-state index contributed by atoms with van der Waals surface area (Å²) in [4.78, 5) is 13.1. The molecule has 152 valence electrons. The lowest BCUT2D eigenvalue weighted by Crippen LogP contribution is -2.43. The maximum Gasteiger partial charge on any atom is 0.336 e. The molecule has 1 aromatic heterocycles. The van der Waals surface area contributed by atoms with Gasteiger partial charge in [0, 0.05) is 33.8 Å². The van der Waals surface area contributed by atoms with Gasteiger partial charge in [0.15, 0.2) is 15.4 Å². The number of rotatable bonds is 6. The molecule has 3 aromatic rings. The third-order valence-electron chi connectivity index (χ3n) is 5.03. The Kier molecular flexibility index (Phi) is 5.87. The van der Waals surface area contributed by atoms with Crippen LogP contribution in [0.5, 0.6) is 0 Å². The van der Waals surface area contributed by atoms with E-state index >= 15 is 0 Å². The molecule has 7 heteroatoms. The standard InChI is InChI=1S/C22H22ClNO4S/c1-4-22(21(25)28-2,17-8-10-18(23)11-9-17)24-14-12-19-16(6-5-7-20(19)24)13-15-29(3,26)27/h5-15H,4H2,1-3H3/b15-13+. The summed E-state index contributed by atoms with van der Waals surface area (Å²) in [6.07, 6.45) is 5.00. The van der Waals surface area contributed by atoms with Gasteiger partial charge in [-0.25, -0.2) is 13.2 Å². The minimum Gasteiger partial charge on any atom is -0.467 e. The number of halogens is 1. The minimum atomic E-state index is -3.26. The molecule has 0 N–H and O–H groups in total. The lowest BCUT2D eigenvalue weighted by atomic mass is 9.86. The van der Waals surface area contributed by atoms with Gasteiger partial charge in [0.1, 0.15) is 0 Å². The van der Waals surface area contributed by atoms with Crippen LogP contribution in [0.4, 0.5) is 0 Å². The number of esters is 1. The van der Waals surface area contributed by atoms with Crippen LogP contribution in [0, 0.1) is 0 Å². The zero-order chi connectivity index (χ0) is 21.2. The van der Waals surface area contributed by atoms with Gasteiger partial charge in [0.25, 0.3) is 0 Å². The van der Waals surface area contributed by atoms with Gasteiger partial charge < -0.3 is 9.30 Å². The maximum absolute atomic E-state index is 13.1. The summed E-state index contributed by atoms with van der Waals surface area (Å²) in [6, 6.07) is 14.6. The highest BCUT2D eigenvalue weighted by molar-refractivity contribution is 7.93. The average Bonchev–Trinajstić information content (AvgIpc) is 3.13. The highest BCUT2D eigenvalue weighted by Gasteiger charge is 2.42. The average molecular weight is 432 g/mol. The van der Waals surface area contributed by atoms with Crippen LogP contribution in [0.25, 0.3) is 17.0 Å². The molecule has 2 aromatic carbocycles. The second kappa shape index (κ2) is 8.05. The van der Waals surface area contributed by atoms with Crippen LogP contribution in [-0.4, -0.2) is 32.3 Å². The Morgan fingerprint density at radius 3 is 2.45 bits per heavy atom. The molecule has 0 saturated heterocycles. The Hall–Kier alpha value is -2.57. The topological polar surface area (TPSA) is 65.4 Å². The number of carbonyl (C=O) groups excluding carboxylic acids is 1. The number of methoxy groups -OCH3 is 1. The lowest BCUT2D eigenvalue weighted by Gasteiger charge is -2.33. The van der Waals surface area contributed by atoms with E-state index in [1.165, 1.54) is 12.5 Å². The molecule has 0 radical (unpaired) electrons. The quantitative estimate of drug-likeness (QED) is 0.533. The maximum atomic E-state index is 13.1. The van der Waals surface area contributed by atoms with Gasteiger partial charge in [-0.3, -0.25) is 0 Å². The number of benzene rings is 2. The molecule has 0 aliphatic rings. The molecule has 0 aliphatic heterocycles. The number of carbonyl (C=O) groups is 1. The third-order valence-corrected chi connectivity index (χ3v) is 5.91. The minimum absolute atomic E-state index is 0.392. The monoisotopic (exact) mass is 431 g/mol. The van der Waals surface area contributed by atoms with E-state index in [9.17, 15) is 13.2 Å². The Bertz CT molecular complexity index is 1180. The summed E-state index contributed by atoms with van der Waals surface area (Å²) in [5.74, 6) is -0.392. The summed E-state index contributed by atoms with van der Waals surface area (Å²) in [5.41, 5.74) is 1.21. The van der Waals surface area contributed by atoms with Crippen LogP contribution in [0.1, 0.15) is 24.5 Å². The Balaban J connectivity index is 2.28. The summed E-state index contributed by atoms with van der Waals surface area (Å²) in [6.45, 7) is 1.92. The zero-order valence-electron chi connectivity index (χ0n) is 16.4. The normalized spacial score (nSPS) is 14.2. The predicted octanol–water partition coefficient (Wildman–Crippen LogP) is 4.64. The van der Waals surface area contributed by atoms with Crippen molar-refractivity contribution in [3.05, 3.63) is 76.3 Å². The number of nitrogens with zero attached hydrogens (tertiary/aromatic N) is 1. The van der Waals surface area contributed by atoms with Crippen molar-refractivity contribution in [2.75, 3.05) is 13.4 Å². The molecule has 1 heterocycles. The zero-order valence-corrected chi connectivity index (χ0v) is 18.0. The van der Waals surface area contributed by atoms with Crippen molar-refractivity contribution in [3.8, 4) is 0 Å². The van der Waals surface area contributed by atoms with E-state index in [-0.39, 0.29) is 0 Å². The molecule has 1 atom stereocenters. The molecule has 3 rings (SSSR count). The van der Waals surface area contributed by atoms with Crippen molar-refractivity contribution in [2.24, 2.45) is 0 Å². The van der Waals surface area contributed by atoms with Crippen LogP contribution in [0.15, 0.2) is 60.1 Å². The van der Waals surface area contributed by atoms with Gasteiger partial charge in [-0.1, -0.05) is 42.8 Å². The second-order valence-electron chi connectivity index (χ2n) is 6.81. The lowest BCUT2D eigenvalue weighted by molar-refractivity contribution is -0.149. The van der Waals surface area contributed by atoms with Crippen molar-refractivity contribution in [2.45, 2.75) is 18.9 Å². The van der Waals surface area contributed by atoms with Gasteiger partial charge in [-0.15, -0.1) is 0 Å². The first-order valence-electron chi connectivity index (χ1n) is 9.06. The molecule has 0 fully saturated rings. The summed E-state index contributed by atoms with van der Waals surface area (Å²) in [5, 5.41) is 2.59. The molecular weight excluding hydrogens is 410 g/mol. The molecule has 0 amide bonds. The predicted molar refractivity (Wildman–Crippen MR) is 117 cm³/mol. The van der Waals surface area contributed by atoms with Gasteiger partial charge in [-0.05, 0) is 47.9 Å². The van der Waals surface area contributed by atoms with E-state index < -0.39 is 21.3 Å². The first kappa shape index (κ1) is 21.1. The number of fused-ring (bicyclic) bond motifs is 1. The van der Waals surface area contributed by atoms with Crippen LogP contribution < -0.4 is 0 Å². The molecule has 1 unspecified atom stereocenters. The smallest absolute Gasteiger partial charge is 0.336 e. The fourth-order valence-electron chi connectivity index (χ4n) is 3.64. The largest absolute Gasteiger partial charge is 0.467 e. The molecule has 5 nitrogen and oxygen atoms in total. The van der Waals surface area contributed by atoms with Gasteiger partial charge in [-0.2, -0.15) is 0 Å². The van der Waals surface area contributed by atoms with Gasteiger partial charge in [0.05, 0.1) is 7.11 Å². The Labute approximate surface area is 175 Å². The van der Waals surface area contributed by atoms with Crippen molar-refractivity contribution in [1.29, 1.82) is 0 Å². The van der Waals surface area contributed by atoms with Crippen molar-refractivity contribution in [1.82, 2.24) is 4.57 Å². The van der Waals surface area contributed by atoms with E-state index in [1.807, 2.05) is 54.1 Å². The van der Waals surface area contributed by atoms with Crippen molar-refractivity contribution < 1.29 is 17.9 Å². The van der Waals surface area contributed by atoms with Crippen LogP contribution in [0.3, 0.4) is 0 Å². The highest BCUT2D eigenvalue weighted by Crippen LogP contribution is 2.36. The SMILES string of the molecule is CCC(C(=O)OC)(c1ccc(Cl)cc1)n1ccc2c(/C=C/S(C)(=O)=O)cccc21. The number of hydrogen-bond donors (Lipinski definition) is 0. The fourth-order valence-corrected chi connectivity index (χ4v) is 4.15. The molecule has 0 bridgehead atoms. The van der Waals surface area contributed by atoms with Gasteiger partial charge >= 0.3 is 5.97 Å². The second-order valence-corrected chi connectivity index (χ2v) is 9.18. The van der Waals surface area contributed by atoms with Crippen molar-refractivity contribution >= 4 is 44.4 Å². The molecular formula is C22H22ClNO4S. The van der Waals surface area contributed by atoms with E-state index in [1.54, 1.807) is 18.2 Å². The van der Waals surface area contributed by atoms with E-state index in [2.05, 4.69) is 0 Å². The summed E-state index contributed by atoms with van der Waals surface area (Å²) >= 11 is 6.05. The van der Waals surface area contributed by atoms with Crippen LogP contribution in [-0.2, 0) is 24.9 Å². The molecule has 0 aliphatic carbocycles. The number of hydrogen-bond acceptors (Lipinski definition) is 4. The van der Waals surface area contributed by atoms with Gasteiger partial charge in [0.2, 0.25) is 0 Å². The van der Waals surface area contributed by atoms with E-state index in [0.717, 1.165) is 28.3 Å². The summed E-state index contributed by atoms with van der Waals surface area (Å²) < 4.78 is 30.1.